The van der Waals surface area contributed by atoms with Crippen molar-refractivity contribution in [1.82, 2.24) is 5.32 Å². The molecular weight excluding hydrogens is 313 g/mol. The van der Waals surface area contributed by atoms with E-state index in [2.05, 4.69) is 11.9 Å². The molecule has 0 aliphatic rings. The SMILES string of the molecule is C=CCNC(SCc1ccc(Cl)cc1Cl)=C(C#N)C#N. The number of thioether (sulfide) groups is 1. The zero-order chi connectivity index (χ0) is 15.0. The van der Waals surface area contributed by atoms with Gasteiger partial charge in [-0.15, -0.1) is 18.3 Å². The van der Waals surface area contributed by atoms with Gasteiger partial charge in [-0.3, -0.25) is 0 Å². The molecule has 0 bridgehead atoms. The Balaban J connectivity index is 2.87. The lowest BCUT2D eigenvalue weighted by atomic mass is 10.2. The second-order valence-electron chi connectivity index (χ2n) is 3.62. The van der Waals surface area contributed by atoms with E-state index in [1.165, 1.54) is 11.8 Å². The maximum Gasteiger partial charge on any atom is 0.159 e. The first-order valence-corrected chi connectivity index (χ1v) is 7.32. The summed E-state index contributed by atoms with van der Waals surface area (Å²) in [6, 6.07) is 8.97. The van der Waals surface area contributed by atoms with Gasteiger partial charge in [0.25, 0.3) is 0 Å². The molecule has 0 fully saturated rings. The summed E-state index contributed by atoms with van der Waals surface area (Å²) in [5.41, 5.74) is 0.927. The lowest BCUT2D eigenvalue weighted by Gasteiger charge is -2.10. The predicted molar refractivity (Wildman–Crippen MR) is 84.2 cm³/mol. The van der Waals surface area contributed by atoms with Crippen LogP contribution >= 0.6 is 35.0 Å². The van der Waals surface area contributed by atoms with Gasteiger partial charge in [0.15, 0.2) is 5.57 Å². The molecule has 0 atom stereocenters. The van der Waals surface area contributed by atoms with Gasteiger partial charge in [0.2, 0.25) is 0 Å². The van der Waals surface area contributed by atoms with E-state index in [1.807, 2.05) is 18.2 Å². The third-order valence-corrected chi connectivity index (χ3v) is 3.92. The Labute approximate surface area is 132 Å². The smallest absolute Gasteiger partial charge is 0.159 e. The summed E-state index contributed by atoms with van der Waals surface area (Å²) >= 11 is 13.3. The van der Waals surface area contributed by atoms with E-state index in [0.717, 1.165) is 5.56 Å². The molecule has 0 aliphatic heterocycles. The molecule has 0 aliphatic carbocycles. The zero-order valence-electron chi connectivity index (χ0n) is 10.5. The molecule has 3 nitrogen and oxygen atoms in total. The summed E-state index contributed by atoms with van der Waals surface area (Å²) < 4.78 is 0. The molecule has 0 saturated heterocycles. The van der Waals surface area contributed by atoms with E-state index in [0.29, 0.717) is 27.4 Å². The molecule has 20 heavy (non-hydrogen) atoms. The molecule has 0 radical (unpaired) electrons. The van der Waals surface area contributed by atoms with Crippen molar-refractivity contribution in [3.8, 4) is 12.1 Å². The number of rotatable bonds is 6. The summed E-state index contributed by atoms with van der Waals surface area (Å²) in [7, 11) is 0. The van der Waals surface area contributed by atoms with E-state index in [1.54, 1.807) is 18.2 Å². The van der Waals surface area contributed by atoms with E-state index in [9.17, 15) is 0 Å². The van der Waals surface area contributed by atoms with E-state index in [-0.39, 0.29) is 5.57 Å². The predicted octanol–water partition coefficient (Wildman–Crippen LogP) is 4.26. The second-order valence-corrected chi connectivity index (χ2v) is 5.45. The minimum atomic E-state index is 0.0435. The first kappa shape index (κ1) is 16.5. The standard InChI is InChI=1S/C14H11Cl2N3S/c1-2-5-19-14(11(7-17)8-18)20-9-10-3-4-12(15)6-13(10)16/h2-4,6,19H,1,5,9H2. The summed E-state index contributed by atoms with van der Waals surface area (Å²) in [6.07, 6.45) is 1.65. The largest absolute Gasteiger partial charge is 0.375 e. The molecule has 0 unspecified atom stereocenters. The van der Waals surface area contributed by atoms with E-state index < -0.39 is 0 Å². The fraction of sp³-hybridized carbons (Fsp3) is 0.143. The topological polar surface area (TPSA) is 59.6 Å². The number of allylic oxidation sites excluding steroid dienone is 1. The quantitative estimate of drug-likeness (QED) is 0.627. The van der Waals surface area contributed by atoms with Gasteiger partial charge in [0, 0.05) is 22.3 Å². The van der Waals surface area contributed by atoms with Gasteiger partial charge >= 0.3 is 0 Å². The number of hydrogen-bond donors (Lipinski definition) is 1. The molecule has 0 spiro atoms. The van der Waals surface area contributed by atoms with Crippen molar-refractivity contribution in [3.05, 3.63) is 57.1 Å². The van der Waals surface area contributed by atoms with Crippen LogP contribution in [0.15, 0.2) is 41.5 Å². The number of benzene rings is 1. The highest BCUT2D eigenvalue weighted by Gasteiger charge is 2.08. The third-order valence-electron chi connectivity index (χ3n) is 2.24. The van der Waals surface area contributed by atoms with E-state index >= 15 is 0 Å². The fourth-order valence-corrected chi connectivity index (χ4v) is 2.82. The highest BCUT2D eigenvalue weighted by Crippen LogP contribution is 2.28. The minimum Gasteiger partial charge on any atom is -0.375 e. The molecular formula is C14H11Cl2N3S. The number of nitrogens with zero attached hydrogens (tertiary/aromatic N) is 2. The van der Waals surface area contributed by atoms with Crippen molar-refractivity contribution in [2.24, 2.45) is 0 Å². The van der Waals surface area contributed by atoms with Crippen LogP contribution in [0, 0.1) is 22.7 Å². The van der Waals surface area contributed by atoms with Crippen LogP contribution in [0.3, 0.4) is 0 Å². The molecule has 0 saturated carbocycles. The maximum absolute atomic E-state index is 8.93. The Hall–Kier alpha value is -1.59. The number of nitrogens with one attached hydrogen (secondary N) is 1. The van der Waals surface area contributed by atoms with Crippen LogP contribution in [0.2, 0.25) is 10.0 Å². The molecule has 0 amide bonds. The average Bonchev–Trinajstić information content (AvgIpc) is 2.43. The lowest BCUT2D eigenvalue weighted by Crippen LogP contribution is -2.12. The number of halogens is 2. The summed E-state index contributed by atoms with van der Waals surface area (Å²) in [6.45, 7) is 4.07. The van der Waals surface area contributed by atoms with Gasteiger partial charge < -0.3 is 5.32 Å². The Morgan fingerprint density at radius 3 is 2.60 bits per heavy atom. The average molecular weight is 324 g/mol. The molecule has 0 aromatic heterocycles. The minimum absolute atomic E-state index is 0.0435. The molecule has 1 rings (SSSR count). The van der Waals surface area contributed by atoms with Crippen molar-refractivity contribution in [2.45, 2.75) is 5.75 Å². The fourth-order valence-electron chi connectivity index (χ4n) is 1.29. The molecule has 0 heterocycles. The normalized spacial score (nSPS) is 9.20. The first-order chi connectivity index (χ1) is 9.62. The molecule has 1 aromatic carbocycles. The maximum atomic E-state index is 8.93. The van der Waals surface area contributed by atoms with Crippen LogP contribution in [-0.4, -0.2) is 6.54 Å². The van der Waals surface area contributed by atoms with Gasteiger partial charge in [0.05, 0.1) is 5.03 Å². The van der Waals surface area contributed by atoms with Crippen molar-refractivity contribution < 1.29 is 0 Å². The van der Waals surface area contributed by atoms with Crippen LogP contribution in [0.1, 0.15) is 5.56 Å². The van der Waals surface area contributed by atoms with Crippen molar-refractivity contribution >= 4 is 35.0 Å². The number of nitriles is 2. The van der Waals surface area contributed by atoms with Gasteiger partial charge in [-0.1, -0.05) is 35.3 Å². The van der Waals surface area contributed by atoms with Gasteiger partial charge in [0.1, 0.15) is 12.1 Å². The lowest BCUT2D eigenvalue weighted by molar-refractivity contribution is 0.963. The molecule has 1 N–H and O–H groups in total. The zero-order valence-corrected chi connectivity index (χ0v) is 12.8. The first-order valence-electron chi connectivity index (χ1n) is 5.58. The number of hydrogen-bond acceptors (Lipinski definition) is 4. The summed E-state index contributed by atoms with van der Waals surface area (Å²) in [4.78, 5) is 0. The van der Waals surface area contributed by atoms with Crippen LogP contribution in [0.4, 0.5) is 0 Å². The Bertz CT molecular complexity index is 596. The highest BCUT2D eigenvalue weighted by molar-refractivity contribution is 8.02. The van der Waals surface area contributed by atoms with E-state index in [4.69, 9.17) is 33.7 Å². The van der Waals surface area contributed by atoms with Crippen molar-refractivity contribution in [1.29, 1.82) is 10.5 Å². The van der Waals surface area contributed by atoms with Crippen LogP contribution in [-0.2, 0) is 5.75 Å². The van der Waals surface area contributed by atoms with Gasteiger partial charge in [-0.25, -0.2) is 0 Å². The molecule has 6 heteroatoms. The Kier molecular flexibility index (Phi) is 7.04. The molecule has 102 valence electrons. The van der Waals surface area contributed by atoms with Crippen LogP contribution in [0.25, 0.3) is 0 Å². The van der Waals surface area contributed by atoms with Crippen molar-refractivity contribution in [2.75, 3.05) is 6.54 Å². The Morgan fingerprint density at radius 1 is 1.35 bits per heavy atom. The monoisotopic (exact) mass is 323 g/mol. The molecule has 1 aromatic rings. The van der Waals surface area contributed by atoms with Gasteiger partial charge in [-0.2, -0.15) is 10.5 Å². The summed E-state index contributed by atoms with van der Waals surface area (Å²) in [5, 5.41) is 22.5. The summed E-state index contributed by atoms with van der Waals surface area (Å²) in [5.74, 6) is 0.530. The highest BCUT2D eigenvalue weighted by atomic mass is 35.5. The third kappa shape index (κ3) is 4.83. The Morgan fingerprint density at radius 2 is 2.05 bits per heavy atom. The van der Waals surface area contributed by atoms with Crippen molar-refractivity contribution in [3.63, 3.8) is 0 Å². The van der Waals surface area contributed by atoms with Crippen LogP contribution < -0.4 is 5.32 Å². The van der Waals surface area contributed by atoms with Gasteiger partial charge in [-0.05, 0) is 17.7 Å². The second kappa shape index (κ2) is 8.55. The van der Waals surface area contributed by atoms with Crippen LogP contribution in [0.5, 0.6) is 0 Å².